The molecule has 1 heterocycles. The standard InChI is InChI=1S/C7H14FNO3.C7H5NO3/c1-11-7-4(8)2-6(10)12-5(7)3-9;9-5-6-1-3-7(4-2-6)8(10)11/h4-7,10H,2-3,9H2,1H3;1-5H. The van der Waals surface area contributed by atoms with Gasteiger partial charge in [0.1, 0.15) is 24.7 Å². The molecule has 128 valence electrons. The Balaban J connectivity index is 0.000000231. The highest BCUT2D eigenvalue weighted by Gasteiger charge is 2.37. The number of aliphatic hydroxyl groups excluding tert-OH is 1. The van der Waals surface area contributed by atoms with Gasteiger partial charge in [-0.25, -0.2) is 4.39 Å². The van der Waals surface area contributed by atoms with Crippen molar-refractivity contribution in [2.75, 3.05) is 13.7 Å². The van der Waals surface area contributed by atoms with Gasteiger partial charge in [-0.1, -0.05) is 0 Å². The van der Waals surface area contributed by atoms with Crippen LogP contribution in [0, 0.1) is 10.1 Å². The fourth-order valence-corrected chi connectivity index (χ4v) is 2.06. The largest absolute Gasteiger partial charge is 0.376 e. The molecule has 9 heteroatoms. The van der Waals surface area contributed by atoms with Crippen molar-refractivity contribution in [3.05, 3.63) is 39.9 Å². The summed E-state index contributed by atoms with van der Waals surface area (Å²) in [5.74, 6) is 0. The van der Waals surface area contributed by atoms with Gasteiger partial charge in [-0.3, -0.25) is 14.9 Å². The average Bonchev–Trinajstić information content (AvgIpc) is 2.54. The number of alkyl halides is 1. The lowest BCUT2D eigenvalue weighted by molar-refractivity contribution is -0.384. The molecule has 2 rings (SSSR count). The van der Waals surface area contributed by atoms with E-state index in [2.05, 4.69) is 0 Å². The molecule has 4 atom stereocenters. The molecule has 1 aromatic rings. The van der Waals surface area contributed by atoms with Crippen LogP contribution in [0.25, 0.3) is 0 Å². The van der Waals surface area contributed by atoms with Crippen LogP contribution in [0.4, 0.5) is 10.1 Å². The minimum Gasteiger partial charge on any atom is -0.376 e. The van der Waals surface area contributed by atoms with Crippen molar-refractivity contribution < 1.29 is 28.7 Å². The fourth-order valence-electron chi connectivity index (χ4n) is 2.06. The van der Waals surface area contributed by atoms with Crippen molar-refractivity contribution in [2.24, 2.45) is 5.73 Å². The Bertz CT molecular complexity index is 512. The molecule has 8 nitrogen and oxygen atoms in total. The first-order chi connectivity index (χ1) is 10.9. The number of nitrogens with two attached hydrogens (primary N) is 1. The summed E-state index contributed by atoms with van der Waals surface area (Å²) in [6.07, 6.45) is -2.86. The van der Waals surface area contributed by atoms with E-state index < -0.39 is 29.6 Å². The van der Waals surface area contributed by atoms with Gasteiger partial charge in [0.25, 0.3) is 5.69 Å². The van der Waals surface area contributed by atoms with Crippen LogP contribution in [0.3, 0.4) is 0 Å². The summed E-state index contributed by atoms with van der Waals surface area (Å²) in [6, 6.07) is 5.41. The van der Waals surface area contributed by atoms with Gasteiger partial charge in [-0.15, -0.1) is 0 Å². The summed E-state index contributed by atoms with van der Waals surface area (Å²) in [5.41, 5.74) is 5.75. The number of aliphatic hydroxyl groups is 1. The molecule has 4 unspecified atom stereocenters. The molecular formula is C14H19FN2O6. The SMILES string of the molecule is COC1C(F)CC(O)OC1CN.O=Cc1ccc([N+](=O)[O-])cc1. The monoisotopic (exact) mass is 330 g/mol. The highest BCUT2D eigenvalue weighted by atomic mass is 19.1. The number of halogens is 1. The lowest BCUT2D eigenvalue weighted by Gasteiger charge is -2.35. The number of nitro benzene ring substituents is 1. The zero-order valence-electron chi connectivity index (χ0n) is 12.5. The van der Waals surface area contributed by atoms with Crippen molar-refractivity contribution in [3.8, 4) is 0 Å². The maximum absolute atomic E-state index is 13.1. The first-order valence-electron chi connectivity index (χ1n) is 6.83. The average molecular weight is 330 g/mol. The van der Waals surface area contributed by atoms with Crippen molar-refractivity contribution in [3.63, 3.8) is 0 Å². The molecule has 0 amide bonds. The zero-order chi connectivity index (χ0) is 17.4. The van der Waals surface area contributed by atoms with Crippen LogP contribution in [0.5, 0.6) is 0 Å². The summed E-state index contributed by atoms with van der Waals surface area (Å²) in [4.78, 5) is 19.7. The van der Waals surface area contributed by atoms with E-state index >= 15 is 0 Å². The van der Waals surface area contributed by atoms with Crippen LogP contribution in [0.1, 0.15) is 16.8 Å². The predicted molar refractivity (Wildman–Crippen MR) is 78.7 cm³/mol. The maximum atomic E-state index is 13.1. The molecular weight excluding hydrogens is 311 g/mol. The van der Waals surface area contributed by atoms with E-state index in [1.807, 2.05) is 0 Å². The van der Waals surface area contributed by atoms with E-state index in [-0.39, 0.29) is 18.7 Å². The molecule has 1 aromatic carbocycles. The number of carbonyl (C=O) groups is 1. The first kappa shape index (κ1) is 19.1. The Kier molecular flexibility index (Phi) is 7.69. The Morgan fingerprint density at radius 1 is 1.52 bits per heavy atom. The van der Waals surface area contributed by atoms with E-state index in [1.54, 1.807) is 0 Å². The first-order valence-corrected chi connectivity index (χ1v) is 6.83. The van der Waals surface area contributed by atoms with Crippen LogP contribution in [0.2, 0.25) is 0 Å². The van der Waals surface area contributed by atoms with Gasteiger partial charge in [0.2, 0.25) is 0 Å². The molecule has 0 bridgehead atoms. The molecule has 23 heavy (non-hydrogen) atoms. The molecule has 1 aliphatic heterocycles. The van der Waals surface area contributed by atoms with Crippen LogP contribution in [0.15, 0.2) is 24.3 Å². The second kappa shape index (κ2) is 9.26. The third-order valence-electron chi connectivity index (χ3n) is 3.23. The van der Waals surface area contributed by atoms with E-state index in [0.29, 0.717) is 11.8 Å². The van der Waals surface area contributed by atoms with Crippen LogP contribution in [-0.4, -0.2) is 54.6 Å². The van der Waals surface area contributed by atoms with Gasteiger partial charge in [-0.05, 0) is 12.1 Å². The Morgan fingerprint density at radius 2 is 2.13 bits per heavy atom. The Morgan fingerprint density at radius 3 is 2.57 bits per heavy atom. The number of carbonyl (C=O) groups excluding carboxylic acids is 1. The van der Waals surface area contributed by atoms with Gasteiger partial charge < -0.3 is 20.3 Å². The number of non-ortho nitro benzene ring substituents is 1. The summed E-state index contributed by atoms with van der Waals surface area (Å²) >= 11 is 0. The quantitative estimate of drug-likeness (QED) is 0.475. The van der Waals surface area contributed by atoms with Gasteiger partial charge in [-0.2, -0.15) is 0 Å². The highest BCUT2D eigenvalue weighted by Crippen LogP contribution is 2.22. The Labute approximate surface area is 132 Å². The van der Waals surface area contributed by atoms with Crippen LogP contribution < -0.4 is 5.73 Å². The van der Waals surface area contributed by atoms with Crippen LogP contribution >= 0.6 is 0 Å². The van der Waals surface area contributed by atoms with E-state index in [1.165, 1.54) is 31.4 Å². The number of hydrogen-bond acceptors (Lipinski definition) is 7. The molecule has 0 spiro atoms. The Hall–Kier alpha value is -1.94. The third kappa shape index (κ3) is 5.64. The summed E-state index contributed by atoms with van der Waals surface area (Å²) < 4.78 is 23.0. The number of ether oxygens (including phenoxy) is 2. The number of methoxy groups -OCH3 is 1. The second-order valence-electron chi connectivity index (χ2n) is 4.78. The van der Waals surface area contributed by atoms with Crippen molar-refractivity contribution in [2.45, 2.75) is 31.1 Å². The van der Waals surface area contributed by atoms with Gasteiger partial charge in [0.15, 0.2) is 6.29 Å². The van der Waals surface area contributed by atoms with Gasteiger partial charge in [0, 0.05) is 37.8 Å². The second-order valence-corrected chi connectivity index (χ2v) is 4.78. The van der Waals surface area contributed by atoms with E-state index in [0.717, 1.165) is 0 Å². The van der Waals surface area contributed by atoms with Crippen molar-refractivity contribution >= 4 is 12.0 Å². The minimum absolute atomic E-state index is 0.00407. The molecule has 0 radical (unpaired) electrons. The van der Waals surface area contributed by atoms with E-state index in [4.69, 9.17) is 20.3 Å². The smallest absolute Gasteiger partial charge is 0.269 e. The summed E-state index contributed by atoms with van der Waals surface area (Å²) in [7, 11) is 1.40. The topological polar surface area (TPSA) is 125 Å². The lowest BCUT2D eigenvalue weighted by atomic mass is 10.0. The molecule has 3 N–H and O–H groups in total. The van der Waals surface area contributed by atoms with Gasteiger partial charge in [0.05, 0.1) is 4.92 Å². The lowest BCUT2D eigenvalue weighted by Crippen LogP contribution is -2.50. The number of rotatable bonds is 4. The highest BCUT2D eigenvalue weighted by molar-refractivity contribution is 5.75. The fraction of sp³-hybridized carbons (Fsp3) is 0.500. The number of hydrogen-bond donors (Lipinski definition) is 2. The molecule has 1 aliphatic rings. The summed E-state index contributed by atoms with van der Waals surface area (Å²) in [6.45, 7) is 0.149. The number of nitro groups is 1. The van der Waals surface area contributed by atoms with Crippen molar-refractivity contribution in [1.29, 1.82) is 0 Å². The third-order valence-corrected chi connectivity index (χ3v) is 3.23. The molecule has 0 aromatic heterocycles. The van der Waals surface area contributed by atoms with Gasteiger partial charge >= 0.3 is 0 Å². The van der Waals surface area contributed by atoms with Crippen LogP contribution in [-0.2, 0) is 9.47 Å². The number of benzene rings is 1. The normalized spacial score (nSPS) is 26.8. The van der Waals surface area contributed by atoms with Crippen molar-refractivity contribution in [1.82, 2.24) is 0 Å². The zero-order valence-corrected chi connectivity index (χ0v) is 12.5. The minimum atomic E-state index is -1.20. The summed E-state index contributed by atoms with van der Waals surface area (Å²) in [5, 5.41) is 19.1. The number of nitrogens with zero attached hydrogens (tertiary/aromatic N) is 1. The molecule has 1 fully saturated rings. The van der Waals surface area contributed by atoms with E-state index in [9.17, 15) is 19.3 Å². The predicted octanol–water partition coefficient (Wildman–Crippen LogP) is 0.813. The number of aldehydes is 1. The molecule has 0 saturated carbocycles. The molecule has 0 aliphatic carbocycles. The maximum Gasteiger partial charge on any atom is 0.269 e. The molecule has 1 saturated heterocycles.